The maximum absolute atomic E-state index is 12.9. The predicted molar refractivity (Wildman–Crippen MR) is 101 cm³/mol. The summed E-state index contributed by atoms with van der Waals surface area (Å²) in [5.74, 6) is -0.0427. The van der Waals surface area contributed by atoms with Gasteiger partial charge in [-0.3, -0.25) is 9.69 Å². The highest BCUT2D eigenvalue weighted by Gasteiger charge is 2.22. The van der Waals surface area contributed by atoms with E-state index < -0.39 is 0 Å². The Bertz CT molecular complexity index is 966. The third kappa shape index (κ3) is 3.41. The van der Waals surface area contributed by atoms with Gasteiger partial charge in [-0.1, -0.05) is 47.6 Å². The van der Waals surface area contributed by atoms with Gasteiger partial charge < -0.3 is 4.52 Å². The number of carbonyl (C=O) groups excluding carboxylic acids is 1. The zero-order valence-corrected chi connectivity index (χ0v) is 14.6. The van der Waals surface area contributed by atoms with Crippen LogP contribution in [0, 0.1) is 0 Å². The number of aromatic nitrogens is 2. The van der Waals surface area contributed by atoms with Crippen LogP contribution in [0.15, 0.2) is 83.0 Å². The lowest BCUT2D eigenvalue weighted by molar-refractivity contribution is 0.0949. The summed E-state index contributed by atoms with van der Waals surface area (Å²) < 4.78 is 5.05. The lowest BCUT2D eigenvalue weighted by atomic mass is 10.1. The van der Waals surface area contributed by atoms with E-state index in [1.807, 2.05) is 47.8 Å². The van der Waals surface area contributed by atoms with Gasteiger partial charge in [-0.05, 0) is 23.3 Å². The number of carbonyl (C=O) groups is 1. The van der Waals surface area contributed by atoms with Crippen LogP contribution in [0.2, 0.25) is 0 Å². The summed E-state index contributed by atoms with van der Waals surface area (Å²) in [6.07, 6.45) is 3.20. The fourth-order valence-corrected chi connectivity index (χ4v) is 3.27. The van der Waals surface area contributed by atoms with Crippen LogP contribution in [-0.4, -0.2) is 16.0 Å². The van der Waals surface area contributed by atoms with Crippen LogP contribution in [0.3, 0.4) is 0 Å². The molecule has 0 radical (unpaired) electrons. The topological polar surface area (TPSA) is 59.2 Å². The molecular formula is C20H15N3O2S. The quantitative estimate of drug-likeness (QED) is 0.519. The third-order valence-electron chi connectivity index (χ3n) is 3.96. The van der Waals surface area contributed by atoms with Crippen LogP contribution in [0.4, 0.5) is 5.69 Å². The fraction of sp³-hybridized carbons (Fsp3) is 0.0500. The minimum Gasteiger partial charge on any atom is -0.351 e. The first-order valence-corrected chi connectivity index (χ1v) is 8.95. The molecule has 0 spiro atoms. The number of anilines is 1. The normalized spacial score (nSPS) is 10.6. The number of thiazole rings is 1. The molecule has 0 aliphatic heterocycles. The standard InChI is InChI=1S/C20H15N3O2S/c24-20(18-10-11-22-25-18)23(14-19-21-12-13-26-19)17-8-6-16(7-9-17)15-4-2-1-3-5-15/h1-13H,14H2. The molecule has 128 valence electrons. The molecule has 6 heteroatoms. The lowest BCUT2D eigenvalue weighted by Gasteiger charge is -2.20. The van der Waals surface area contributed by atoms with E-state index in [0.717, 1.165) is 21.8 Å². The summed E-state index contributed by atoms with van der Waals surface area (Å²) in [5, 5.41) is 6.38. The van der Waals surface area contributed by atoms with Crippen molar-refractivity contribution in [3.63, 3.8) is 0 Å². The third-order valence-corrected chi connectivity index (χ3v) is 4.72. The van der Waals surface area contributed by atoms with Crippen LogP contribution in [0.1, 0.15) is 15.6 Å². The average molecular weight is 361 g/mol. The number of hydrogen-bond donors (Lipinski definition) is 0. The Morgan fingerprint density at radius 3 is 2.38 bits per heavy atom. The van der Waals surface area contributed by atoms with Crippen molar-refractivity contribution in [3.8, 4) is 11.1 Å². The zero-order chi connectivity index (χ0) is 17.8. The van der Waals surface area contributed by atoms with Crippen LogP contribution >= 0.6 is 11.3 Å². The van der Waals surface area contributed by atoms with Crippen LogP contribution in [-0.2, 0) is 6.54 Å². The Hall–Kier alpha value is -3.25. The molecule has 0 fully saturated rings. The predicted octanol–water partition coefficient (Wildman–Crippen LogP) is 4.65. The number of rotatable bonds is 5. The van der Waals surface area contributed by atoms with Crippen molar-refractivity contribution >= 4 is 22.9 Å². The van der Waals surface area contributed by atoms with Gasteiger partial charge in [0.05, 0.1) is 12.7 Å². The van der Waals surface area contributed by atoms with Crippen molar-refractivity contribution in [2.45, 2.75) is 6.54 Å². The number of nitrogens with zero attached hydrogens (tertiary/aromatic N) is 3. The van der Waals surface area contributed by atoms with Crippen molar-refractivity contribution in [1.82, 2.24) is 10.1 Å². The first-order chi connectivity index (χ1) is 12.8. The second-order valence-corrected chi connectivity index (χ2v) is 6.59. The van der Waals surface area contributed by atoms with Crippen molar-refractivity contribution in [3.05, 3.63) is 89.2 Å². The molecular weight excluding hydrogens is 346 g/mol. The van der Waals surface area contributed by atoms with Gasteiger partial charge in [-0.15, -0.1) is 11.3 Å². The van der Waals surface area contributed by atoms with E-state index in [9.17, 15) is 4.79 Å². The zero-order valence-electron chi connectivity index (χ0n) is 13.8. The second-order valence-electron chi connectivity index (χ2n) is 5.61. The largest absolute Gasteiger partial charge is 0.351 e. The molecule has 1 amide bonds. The summed E-state index contributed by atoms with van der Waals surface area (Å²) in [5.41, 5.74) is 3.00. The van der Waals surface area contributed by atoms with E-state index in [-0.39, 0.29) is 11.7 Å². The Labute approximate surface area is 154 Å². The first-order valence-electron chi connectivity index (χ1n) is 8.08. The molecule has 5 nitrogen and oxygen atoms in total. The minimum atomic E-state index is -0.245. The van der Waals surface area contributed by atoms with E-state index in [1.165, 1.54) is 17.5 Å². The van der Waals surface area contributed by atoms with Crippen molar-refractivity contribution in [1.29, 1.82) is 0 Å². The number of hydrogen-bond acceptors (Lipinski definition) is 5. The molecule has 0 N–H and O–H groups in total. The summed E-state index contributed by atoms with van der Waals surface area (Å²) >= 11 is 1.51. The molecule has 0 aliphatic carbocycles. The van der Waals surface area contributed by atoms with Gasteiger partial charge in [-0.25, -0.2) is 4.98 Å². The van der Waals surface area contributed by atoms with Gasteiger partial charge in [0, 0.05) is 23.3 Å². The highest BCUT2D eigenvalue weighted by atomic mass is 32.1. The fourth-order valence-electron chi connectivity index (χ4n) is 2.67. The van der Waals surface area contributed by atoms with Gasteiger partial charge in [0.15, 0.2) is 0 Å². The Morgan fingerprint density at radius 1 is 0.962 bits per heavy atom. The van der Waals surface area contributed by atoms with Gasteiger partial charge >= 0.3 is 0 Å². The van der Waals surface area contributed by atoms with Crippen LogP contribution in [0.5, 0.6) is 0 Å². The van der Waals surface area contributed by atoms with Crippen molar-refractivity contribution in [2.75, 3.05) is 4.90 Å². The van der Waals surface area contributed by atoms with E-state index in [1.54, 1.807) is 17.2 Å². The highest BCUT2D eigenvalue weighted by Crippen LogP contribution is 2.25. The number of benzene rings is 2. The molecule has 0 aliphatic rings. The maximum Gasteiger partial charge on any atom is 0.297 e. The lowest BCUT2D eigenvalue weighted by Crippen LogP contribution is -2.30. The molecule has 4 aromatic rings. The number of amides is 1. The summed E-state index contributed by atoms with van der Waals surface area (Å²) in [6, 6.07) is 19.6. The van der Waals surface area contributed by atoms with Crippen LogP contribution in [0.25, 0.3) is 11.1 Å². The molecule has 0 atom stereocenters. The van der Waals surface area contributed by atoms with E-state index in [4.69, 9.17) is 4.52 Å². The van der Waals surface area contributed by atoms with Crippen molar-refractivity contribution < 1.29 is 9.32 Å². The summed E-state index contributed by atoms with van der Waals surface area (Å²) in [6.45, 7) is 0.377. The summed E-state index contributed by atoms with van der Waals surface area (Å²) in [4.78, 5) is 18.8. The average Bonchev–Trinajstić information content (AvgIpc) is 3.40. The molecule has 2 aromatic heterocycles. The summed E-state index contributed by atoms with van der Waals surface area (Å²) in [7, 11) is 0. The van der Waals surface area contributed by atoms with Gasteiger partial charge in [0.2, 0.25) is 5.76 Å². The molecule has 4 rings (SSSR count). The van der Waals surface area contributed by atoms with Gasteiger partial charge in [-0.2, -0.15) is 0 Å². The van der Waals surface area contributed by atoms with E-state index in [0.29, 0.717) is 6.54 Å². The Balaban J connectivity index is 1.66. The SMILES string of the molecule is O=C(c1ccno1)N(Cc1nccs1)c1ccc(-c2ccccc2)cc1. The monoisotopic (exact) mass is 361 g/mol. The van der Waals surface area contributed by atoms with Gasteiger partial charge in [0.25, 0.3) is 5.91 Å². The smallest absolute Gasteiger partial charge is 0.297 e. The van der Waals surface area contributed by atoms with E-state index in [2.05, 4.69) is 22.3 Å². The molecule has 2 aromatic carbocycles. The first kappa shape index (κ1) is 16.2. The molecule has 0 unspecified atom stereocenters. The Morgan fingerprint density at radius 2 is 1.73 bits per heavy atom. The van der Waals surface area contributed by atoms with Crippen LogP contribution < -0.4 is 4.90 Å². The Kier molecular flexibility index (Phi) is 4.57. The van der Waals surface area contributed by atoms with Gasteiger partial charge in [0.1, 0.15) is 5.01 Å². The molecule has 0 bridgehead atoms. The molecule has 26 heavy (non-hydrogen) atoms. The highest BCUT2D eigenvalue weighted by molar-refractivity contribution is 7.09. The molecule has 0 saturated heterocycles. The minimum absolute atomic E-state index is 0.202. The molecule has 2 heterocycles. The van der Waals surface area contributed by atoms with Crippen molar-refractivity contribution in [2.24, 2.45) is 0 Å². The second kappa shape index (κ2) is 7.33. The van der Waals surface area contributed by atoms with E-state index >= 15 is 0 Å². The maximum atomic E-state index is 12.9. The molecule has 0 saturated carbocycles.